The van der Waals surface area contributed by atoms with Crippen molar-refractivity contribution in [2.45, 2.75) is 26.3 Å². The molecule has 1 unspecified atom stereocenters. The number of fused-ring (bicyclic) bond motifs is 1. The summed E-state index contributed by atoms with van der Waals surface area (Å²) in [6.07, 6.45) is 2.67. The minimum absolute atomic E-state index is 0.222. The molecular weight excluding hydrogens is 266 g/mol. The summed E-state index contributed by atoms with van der Waals surface area (Å²) in [5, 5.41) is 4.62. The second-order valence-electron chi connectivity index (χ2n) is 4.78. The second kappa shape index (κ2) is 5.59. The van der Waals surface area contributed by atoms with Crippen LogP contribution in [0.4, 0.5) is 5.82 Å². The minimum atomic E-state index is 0.222. The van der Waals surface area contributed by atoms with Gasteiger partial charge in [0, 0.05) is 10.9 Å². The van der Waals surface area contributed by atoms with E-state index in [4.69, 9.17) is 0 Å². The number of hydrogen-bond donors (Lipinski definition) is 1. The Balaban J connectivity index is 1.92. The van der Waals surface area contributed by atoms with E-state index in [2.05, 4.69) is 59.5 Å². The van der Waals surface area contributed by atoms with Gasteiger partial charge >= 0.3 is 0 Å². The van der Waals surface area contributed by atoms with Crippen LogP contribution in [0, 0.1) is 0 Å². The number of nitrogens with zero attached hydrogens (tertiary/aromatic N) is 2. The lowest BCUT2D eigenvalue weighted by atomic mass is 10.1. The molecule has 3 aromatic rings. The molecule has 1 aromatic carbocycles. The van der Waals surface area contributed by atoms with Crippen molar-refractivity contribution in [1.82, 2.24) is 9.97 Å². The summed E-state index contributed by atoms with van der Waals surface area (Å²) in [5.74, 6) is 0.919. The van der Waals surface area contributed by atoms with Crippen molar-refractivity contribution < 1.29 is 0 Å². The first kappa shape index (κ1) is 13.1. The number of aromatic nitrogens is 2. The van der Waals surface area contributed by atoms with Gasteiger partial charge in [0.2, 0.25) is 0 Å². The van der Waals surface area contributed by atoms with Gasteiger partial charge in [-0.15, -0.1) is 11.3 Å². The number of thiophene rings is 1. The molecule has 0 bridgehead atoms. The van der Waals surface area contributed by atoms with Gasteiger partial charge in [0.25, 0.3) is 0 Å². The molecule has 20 heavy (non-hydrogen) atoms. The first-order valence-corrected chi connectivity index (χ1v) is 7.64. The van der Waals surface area contributed by atoms with E-state index in [1.807, 2.05) is 6.07 Å². The molecule has 0 amide bonds. The van der Waals surface area contributed by atoms with E-state index in [9.17, 15) is 0 Å². The summed E-state index contributed by atoms with van der Waals surface area (Å²) in [6, 6.07) is 12.8. The zero-order valence-corrected chi connectivity index (χ0v) is 12.4. The molecule has 0 fully saturated rings. The topological polar surface area (TPSA) is 37.8 Å². The highest BCUT2D eigenvalue weighted by Gasteiger charge is 2.11. The van der Waals surface area contributed by atoms with E-state index in [0.29, 0.717) is 0 Å². The van der Waals surface area contributed by atoms with Crippen LogP contribution in [-0.4, -0.2) is 9.97 Å². The number of benzene rings is 1. The van der Waals surface area contributed by atoms with Crippen LogP contribution in [0.2, 0.25) is 0 Å². The maximum absolute atomic E-state index is 4.40. The van der Waals surface area contributed by atoms with Gasteiger partial charge in [0.05, 0.1) is 5.39 Å². The summed E-state index contributed by atoms with van der Waals surface area (Å²) < 4.78 is 0. The zero-order chi connectivity index (χ0) is 13.9. The van der Waals surface area contributed by atoms with Crippen molar-refractivity contribution in [3.8, 4) is 0 Å². The second-order valence-corrected chi connectivity index (χ2v) is 5.90. The Hall–Kier alpha value is -1.94. The van der Waals surface area contributed by atoms with E-state index < -0.39 is 0 Å². The average Bonchev–Trinajstić information content (AvgIpc) is 2.92. The zero-order valence-electron chi connectivity index (χ0n) is 11.6. The lowest BCUT2D eigenvalue weighted by Crippen LogP contribution is -2.08. The third-order valence-corrected chi connectivity index (χ3v) is 4.57. The SMILES string of the molecule is CCc1cc2c(NC(C)c3ccccc3)ncnc2s1. The summed E-state index contributed by atoms with van der Waals surface area (Å²) in [5.41, 5.74) is 1.25. The molecule has 0 saturated heterocycles. The van der Waals surface area contributed by atoms with Gasteiger partial charge in [0.15, 0.2) is 0 Å². The molecule has 2 heterocycles. The summed E-state index contributed by atoms with van der Waals surface area (Å²) in [7, 11) is 0. The first-order chi connectivity index (χ1) is 9.78. The smallest absolute Gasteiger partial charge is 0.138 e. The van der Waals surface area contributed by atoms with Crippen molar-refractivity contribution in [2.24, 2.45) is 0 Å². The highest BCUT2D eigenvalue weighted by atomic mass is 32.1. The van der Waals surface area contributed by atoms with Crippen LogP contribution in [0.1, 0.15) is 30.3 Å². The van der Waals surface area contributed by atoms with Crippen LogP contribution >= 0.6 is 11.3 Å². The summed E-state index contributed by atoms with van der Waals surface area (Å²) in [4.78, 5) is 11.2. The molecule has 1 N–H and O–H groups in total. The summed E-state index contributed by atoms with van der Waals surface area (Å²) in [6.45, 7) is 4.31. The minimum Gasteiger partial charge on any atom is -0.363 e. The van der Waals surface area contributed by atoms with Gasteiger partial charge in [-0.25, -0.2) is 9.97 Å². The Bertz CT molecular complexity index is 706. The number of nitrogens with one attached hydrogen (secondary N) is 1. The summed E-state index contributed by atoms with van der Waals surface area (Å²) >= 11 is 1.74. The predicted molar refractivity (Wildman–Crippen MR) is 85.3 cm³/mol. The molecule has 102 valence electrons. The van der Waals surface area contributed by atoms with Crippen molar-refractivity contribution in [2.75, 3.05) is 5.32 Å². The van der Waals surface area contributed by atoms with Crippen LogP contribution in [0.25, 0.3) is 10.2 Å². The Morgan fingerprint density at radius 2 is 2.00 bits per heavy atom. The van der Waals surface area contributed by atoms with E-state index in [1.54, 1.807) is 17.7 Å². The molecule has 1 atom stereocenters. The number of aryl methyl sites for hydroxylation is 1. The van der Waals surface area contributed by atoms with Gasteiger partial charge < -0.3 is 5.32 Å². The average molecular weight is 283 g/mol. The van der Waals surface area contributed by atoms with Crippen molar-refractivity contribution in [3.63, 3.8) is 0 Å². The van der Waals surface area contributed by atoms with Gasteiger partial charge in [-0.2, -0.15) is 0 Å². The molecule has 0 aliphatic carbocycles. The largest absolute Gasteiger partial charge is 0.363 e. The molecule has 0 saturated carbocycles. The highest BCUT2D eigenvalue weighted by molar-refractivity contribution is 7.18. The van der Waals surface area contributed by atoms with Crippen molar-refractivity contribution in [1.29, 1.82) is 0 Å². The standard InChI is InChI=1S/C16H17N3S/c1-3-13-9-14-15(17-10-18-16(14)20-13)19-11(2)12-7-5-4-6-8-12/h4-11H,3H2,1-2H3,(H,17,18,19). The van der Waals surface area contributed by atoms with E-state index in [-0.39, 0.29) is 6.04 Å². The van der Waals surface area contributed by atoms with E-state index in [1.165, 1.54) is 10.4 Å². The molecule has 0 radical (unpaired) electrons. The molecule has 3 rings (SSSR count). The van der Waals surface area contributed by atoms with Crippen molar-refractivity contribution in [3.05, 3.63) is 53.2 Å². The highest BCUT2D eigenvalue weighted by Crippen LogP contribution is 2.30. The van der Waals surface area contributed by atoms with E-state index >= 15 is 0 Å². The van der Waals surface area contributed by atoms with Crippen LogP contribution in [0.15, 0.2) is 42.7 Å². The number of hydrogen-bond acceptors (Lipinski definition) is 4. The number of rotatable bonds is 4. The van der Waals surface area contributed by atoms with Crippen LogP contribution < -0.4 is 5.32 Å². The Morgan fingerprint density at radius 1 is 1.20 bits per heavy atom. The Kier molecular flexibility index (Phi) is 3.65. The molecule has 4 heteroatoms. The lowest BCUT2D eigenvalue weighted by molar-refractivity contribution is 0.876. The maximum atomic E-state index is 4.40. The third kappa shape index (κ3) is 2.51. The van der Waals surface area contributed by atoms with Crippen LogP contribution in [0.3, 0.4) is 0 Å². The molecule has 0 aliphatic rings. The van der Waals surface area contributed by atoms with Gasteiger partial charge in [-0.05, 0) is 25.0 Å². The van der Waals surface area contributed by atoms with Gasteiger partial charge in [-0.1, -0.05) is 37.3 Å². The van der Waals surface area contributed by atoms with Crippen LogP contribution in [-0.2, 0) is 6.42 Å². The first-order valence-electron chi connectivity index (χ1n) is 6.83. The molecular formula is C16H17N3S. The third-order valence-electron chi connectivity index (χ3n) is 3.38. The monoisotopic (exact) mass is 283 g/mol. The fraction of sp³-hybridized carbons (Fsp3) is 0.250. The number of anilines is 1. The Labute approximate surface area is 122 Å². The van der Waals surface area contributed by atoms with Gasteiger partial charge in [0.1, 0.15) is 17.0 Å². The van der Waals surface area contributed by atoms with Crippen molar-refractivity contribution >= 4 is 27.4 Å². The quantitative estimate of drug-likeness (QED) is 0.770. The maximum Gasteiger partial charge on any atom is 0.138 e. The molecule has 2 aromatic heterocycles. The predicted octanol–water partition coefficient (Wildman–Crippen LogP) is 4.43. The fourth-order valence-electron chi connectivity index (χ4n) is 2.22. The normalized spacial score (nSPS) is 12.5. The fourth-order valence-corrected chi connectivity index (χ4v) is 3.16. The molecule has 0 aliphatic heterocycles. The molecule has 3 nitrogen and oxygen atoms in total. The van der Waals surface area contributed by atoms with E-state index in [0.717, 1.165) is 22.5 Å². The van der Waals surface area contributed by atoms with Crippen LogP contribution in [0.5, 0.6) is 0 Å². The molecule has 0 spiro atoms. The van der Waals surface area contributed by atoms with Gasteiger partial charge in [-0.3, -0.25) is 0 Å². The lowest BCUT2D eigenvalue weighted by Gasteiger charge is -2.15. The Morgan fingerprint density at radius 3 is 2.75 bits per heavy atom.